The van der Waals surface area contributed by atoms with Gasteiger partial charge in [-0.15, -0.1) is 0 Å². The molecule has 3 amide bonds. The lowest BCUT2D eigenvalue weighted by molar-refractivity contribution is -0.910. The summed E-state index contributed by atoms with van der Waals surface area (Å²) in [6.07, 6.45) is 7.61. The average Bonchev–Trinajstić information content (AvgIpc) is 3.22. The van der Waals surface area contributed by atoms with Crippen molar-refractivity contribution in [2.24, 2.45) is 0 Å². The van der Waals surface area contributed by atoms with Crippen LogP contribution in [-0.4, -0.2) is 48.0 Å². The average molecular weight is 486 g/mol. The van der Waals surface area contributed by atoms with E-state index in [4.69, 9.17) is 23.2 Å². The zero-order valence-electron chi connectivity index (χ0n) is 18.5. The summed E-state index contributed by atoms with van der Waals surface area (Å²) in [4.78, 5) is 27.0. The summed E-state index contributed by atoms with van der Waals surface area (Å²) in [5, 5.41) is 6.68. The molecule has 0 aromatic heterocycles. The molecule has 0 radical (unpaired) electrons. The minimum atomic E-state index is -0.377. The molecule has 172 valence electrons. The first-order valence-electron chi connectivity index (χ1n) is 11.0. The normalized spacial score (nSPS) is 16.9. The van der Waals surface area contributed by atoms with Gasteiger partial charge in [0.05, 0.1) is 38.1 Å². The maximum absolute atomic E-state index is 12.9. The van der Waals surface area contributed by atoms with Gasteiger partial charge in [0.2, 0.25) is 0 Å². The molecule has 2 heterocycles. The van der Waals surface area contributed by atoms with Crippen molar-refractivity contribution < 1.29 is 14.1 Å². The van der Waals surface area contributed by atoms with Crippen LogP contribution in [-0.2, 0) is 6.54 Å². The van der Waals surface area contributed by atoms with Crippen LogP contribution < -0.4 is 10.6 Å². The molecule has 0 aliphatic carbocycles. The molecule has 1 saturated heterocycles. The fourth-order valence-electron chi connectivity index (χ4n) is 4.23. The van der Waals surface area contributed by atoms with Crippen molar-refractivity contribution in [2.45, 2.75) is 19.4 Å². The van der Waals surface area contributed by atoms with Crippen molar-refractivity contribution in [1.82, 2.24) is 4.90 Å². The van der Waals surface area contributed by atoms with E-state index in [1.54, 1.807) is 36.6 Å². The van der Waals surface area contributed by atoms with Gasteiger partial charge in [-0.25, -0.2) is 4.79 Å². The van der Waals surface area contributed by atoms with E-state index in [9.17, 15) is 9.59 Å². The summed E-state index contributed by atoms with van der Waals surface area (Å²) < 4.78 is 1.05. The van der Waals surface area contributed by atoms with Gasteiger partial charge in [-0.3, -0.25) is 9.69 Å². The number of rotatable bonds is 5. The van der Waals surface area contributed by atoms with Gasteiger partial charge in [0.15, 0.2) is 0 Å². The number of halogens is 2. The van der Waals surface area contributed by atoms with E-state index in [0.29, 0.717) is 27.0 Å². The summed E-state index contributed by atoms with van der Waals surface area (Å²) in [5.41, 5.74) is 2.63. The summed E-state index contributed by atoms with van der Waals surface area (Å²) in [6, 6.07) is 12.3. The topological polar surface area (TPSA) is 61.4 Å². The van der Waals surface area contributed by atoms with Gasteiger partial charge in [0.1, 0.15) is 6.54 Å². The number of carbonyl (C=O) groups excluding carboxylic acids is 2. The van der Waals surface area contributed by atoms with Crippen LogP contribution in [0.5, 0.6) is 0 Å². The quantitative estimate of drug-likeness (QED) is 0.524. The Morgan fingerprint density at radius 2 is 1.73 bits per heavy atom. The second-order valence-electron chi connectivity index (χ2n) is 8.79. The SMILES string of the molecule is C[N+]1(Cc2ccc(C(=O)Nc3ccc(Cl)cc3NC(=O)N3C=CC=C(Cl)C3)cc2)CCCC1. The second kappa shape index (κ2) is 10.00. The van der Waals surface area contributed by atoms with Crippen molar-refractivity contribution in [1.29, 1.82) is 0 Å². The number of quaternary nitrogens is 1. The lowest BCUT2D eigenvalue weighted by Crippen LogP contribution is -2.39. The van der Waals surface area contributed by atoms with Crippen molar-refractivity contribution in [3.05, 3.63) is 82.0 Å². The first-order chi connectivity index (χ1) is 15.8. The number of anilines is 2. The van der Waals surface area contributed by atoms with E-state index < -0.39 is 0 Å². The van der Waals surface area contributed by atoms with Crippen LogP contribution in [0, 0.1) is 0 Å². The van der Waals surface area contributed by atoms with Crippen LogP contribution >= 0.6 is 23.2 Å². The molecule has 1 fully saturated rings. The van der Waals surface area contributed by atoms with E-state index in [1.165, 1.54) is 36.4 Å². The Labute approximate surface area is 204 Å². The summed E-state index contributed by atoms with van der Waals surface area (Å²) >= 11 is 12.2. The van der Waals surface area contributed by atoms with Crippen LogP contribution in [0.4, 0.5) is 16.2 Å². The van der Waals surface area contributed by atoms with Crippen molar-refractivity contribution in [2.75, 3.05) is 37.3 Å². The molecule has 0 saturated carbocycles. The van der Waals surface area contributed by atoms with Crippen LogP contribution in [0.3, 0.4) is 0 Å². The van der Waals surface area contributed by atoms with Crippen molar-refractivity contribution >= 4 is 46.5 Å². The fraction of sp³-hybridized carbons (Fsp3) is 0.280. The molecule has 0 unspecified atom stereocenters. The highest BCUT2D eigenvalue weighted by molar-refractivity contribution is 6.31. The van der Waals surface area contributed by atoms with E-state index in [0.717, 1.165) is 11.0 Å². The largest absolute Gasteiger partial charge is 0.326 e. The minimum Gasteiger partial charge on any atom is -0.322 e. The maximum atomic E-state index is 12.9. The van der Waals surface area contributed by atoms with Gasteiger partial charge < -0.3 is 15.1 Å². The summed E-state index contributed by atoms with van der Waals surface area (Å²) in [6.45, 7) is 3.64. The Morgan fingerprint density at radius 1 is 1.00 bits per heavy atom. The number of hydrogen-bond acceptors (Lipinski definition) is 2. The number of allylic oxidation sites excluding steroid dienone is 2. The molecular formula is C25H27Cl2N4O2+. The molecule has 2 N–H and O–H groups in total. The molecule has 0 bridgehead atoms. The number of benzene rings is 2. The minimum absolute atomic E-state index is 0.259. The highest BCUT2D eigenvalue weighted by Gasteiger charge is 2.27. The van der Waals surface area contributed by atoms with E-state index >= 15 is 0 Å². The van der Waals surface area contributed by atoms with Gasteiger partial charge in [-0.05, 0) is 42.5 Å². The van der Waals surface area contributed by atoms with Crippen molar-refractivity contribution in [3.8, 4) is 0 Å². The first-order valence-corrected chi connectivity index (χ1v) is 11.7. The summed E-state index contributed by atoms with van der Waals surface area (Å²) in [5.74, 6) is -0.259. The molecule has 2 aliphatic rings. The van der Waals surface area contributed by atoms with E-state index in [2.05, 4.69) is 17.7 Å². The van der Waals surface area contributed by atoms with Crippen LogP contribution in [0.2, 0.25) is 5.02 Å². The third kappa shape index (κ3) is 5.96. The van der Waals surface area contributed by atoms with Gasteiger partial charge in [-0.2, -0.15) is 0 Å². The lowest BCUT2D eigenvalue weighted by Gasteiger charge is -2.29. The molecule has 2 aromatic carbocycles. The molecule has 2 aromatic rings. The number of amides is 3. The Morgan fingerprint density at radius 3 is 2.42 bits per heavy atom. The number of urea groups is 1. The fourth-order valence-corrected chi connectivity index (χ4v) is 4.60. The predicted molar refractivity (Wildman–Crippen MR) is 134 cm³/mol. The molecule has 33 heavy (non-hydrogen) atoms. The molecular weight excluding hydrogens is 459 g/mol. The molecule has 0 atom stereocenters. The smallest absolute Gasteiger partial charge is 0.322 e. The maximum Gasteiger partial charge on any atom is 0.326 e. The van der Waals surface area contributed by atoms with Crippen LogP contribution in [0.25, 0.3) is 0 Å². The Balaban J connectivity index is 1.44. The highest BCUT2D eigenvalue weighted by Crippen LogP contribution is 2.27. The molecule has 8 heteroatoms. The van der Waals surface area contributed by atoms with Gasteiger partial charge in [0.25, 0.3) is 5.91 Å². The highest BCUT2D eigenvalue weighted by atomic mass is 35.5. The zero-order chi connectivity index (χ0) is 23.4. The van der Waals surface area contributed by atoms with Crippen LogP contribution in [0.1, 0.15) is 28.8 Å². The van der Waals surface area contributed by atoms with Gasteiger partial charge in [-0.1, -0.05) is 35.3 Å². The molecule has 4 rings (SSSR count). The van der Waals surface area contributed by atoms with Gasteiger partial charge in [0, 0.05) is 40.2 Å². The monoisotopic (exact) mass is 485 g/mol. The van der Waals surface area contributed by atoms with E-state index in [1.807, 2.05) is 24.3 Å². The van der Waals surface area contributed by atoms with E-state index in [-0.39, 0.29) is 18.5 Å². The molecule has 6 nitrogen and oxygen atoms in total. The third-order valence-corrected chi connectivity index (χ3v) is 6.50. The standard InChI is InChI=1S/C25H26Cl2N4O2/c1-31(13-2-3-14-31)17-18-6-8-19(9-7-18)24(32)28-22-11-10-20(26)15-23(22)29-25(33)30-12-4-5-21(27)16-30/h4-12,15H,2-3,13-14,16-17H2,1H3,(H-,28,29,32,33)/p+1. The molecule has 0 spiro atoms. The third-order valence-electron chi connectivity index (χ3n) is 6.02. The number of carbonyl (C=O) groups is 2. The zero-order valence-corrected chi connectivity index (χ0v) is 20.0. The van der Waals surface area contributed by atoms with Crippen LogP contribution in [0.15, 0.2) is 65.8 Å². The second-order valence-corrected chi connectivity index (χ2v) is 9.71. The Hall–Kier alpha value is -2.80. The lowest BCUT2D eigenvalue weighted by atomic mass is 10.1. The Bertz CT molecular complexity index is 1110. The van der Waals surface area contributed by atoms with Crippen molar-refractivity contribution in [3.63, 3.8) is 0 Å². The Kier molecular flexibility index (Phi) is 7.08. The molecule has 2 aliphatic heterocycles. The first kappa shape index (κ1) is 23.4. The predicted octanol–water partition coefficient (Wildman–Crippen LogP) is 5.82. The van der Waals surface area contributed by atoms with Gasteiger partial charge >= 0.3 is 6.03 Å². The number of likely N-dealkylation sites (tertiary alicyclic amines) is 1. The summed E-state index contributed by atoms with van der Waals surface area (Å²) in [7, 11) is 2.29. The number of hydrogen-bond donors (Lipinski definition) is 2. The number of nitrogens with zero attached hydrogens (tertiary/aromatic N) is 2. The number of nitrogens with one attached hydrogen (secondary N) is 2.